The summed E-state index contributed by atoms with van der Waals surface area (Å²) < 4.78 is 2.39. The smallest absolute Gasteiger partial charge is 0.0541 e. The third kappa shape index (κ3) is 5.75. The van der Waals surface area contributed by atoms with Crippen LogP contribution in [0.15, 0.2) is 115 Å². The minimum Gasteiger partial charge on any atom is -0.309 e. The molecule has 1 heterocycles. The van der Waals surface area contributed by atoms with Crippen molar-refractivity contribution in [1.82, 2.24) is 4.57 Å². The number of nitrogens with zero attached hydrogens (tertiary/aromatic N) is 1. The van der Waals surface area contributed by atoms with Gasteiger partial charge in [-0.05, 0) is 86.1 Å². The van der Waals surface area contributed by atoms with Gasteiger partial charge in [-0.2, -0.15) is 0 Å². The van der Waals surface area contributed by atoms with Crippen LogP contribution in [-0.4, -0.2) is 4.57 Å². The van der Waals surface area contributed by atoms with Crippen LogP contribution in [0.25, 0.3) is 38.6 Å². The average molecular weight is 522 g/mol. The van der Waals surface area contributed by atoms with Crippen molar-refractivity contribution in [3.8, 4) is 16.8 Å². The van der Waals surface area contributed by atoms with Gasteiger partial charge < -0.3 is 4.57 Å². The van der Waals surface area contributed by atoms with Crippen LogP contribution >= 0.6 is 0 Å². The molecule has 0 spiro atoms. The number of para-hydroxylation sites is 2. The standard InChI is InChI=1S/C39H39N/c1-29-18-20-31(21-19-29)12-6-4-3-5-7-13-32-26-30(2)27-34(28-32)33-22-24-35(25-23-33)40-38-16-10-8-14-36(38)37-15-9-11-17-39(37)40/h8-11,14-28H,3-7,12-13H2,1-2H3. The molecule has 0 saturated heterocycles. The molecule has 0 atom stereocenters. The van der Waals surface area contributed by atoms with Crippen LogP contribution in [0.1, 0.15) is 54.4 Å². The van der Waals surface area contributed by atoms with Crippen molar-refractivity contribution in [3.63, 3.8) is 0 Å². The van der Waals surface area contributed by atoms with Gasteiger partial charge in [-0.3, -0.25) is 0 Å². The predicted molar refractivity (Wildman–Crippen MR) is 173 cm³/mol. The maximum Gasteiger partial charge on any atom is 0.0541 e. The van der Waals surface area contributed by atoms with E-state index in [0.717, 1.165) is 6.42 Å². The Kier molecular flexibility index (Phi) is 7.82. The van der Waals surface area contributed by atoms with Crippen LogP contribution in [0.4, 0.5) is 0 Å². The molecule has 0 radical (unpaired) electrons. The number of hydrogen-bond acceptors (Lipinski definition) is 0. The van der Waals surface area contributed by atoms with E-state index in [9.17, 15) is 0 Å². The summed E-state index contributed by atoms with van der Waals surface area (Å²) in [6, 6.07) is 42.6. The van der Waals surface area contributed by atoms with E-state index in [2.05, 4.69) is 134 Å². The molecule has 6 rings (SSSR count). The second-order valence-corrected chi connectivity index (χ2v) is 11.4. The molecule has 1 aromatic heterocycles. The highest BCUT2D eigenvalue weighted by atomic mass is 15.0. The lowest BCUT2D eigenvalue weighted by molar-refractivity contribution is 0.613. The lowest BCUT2D eigenvalue weighted by Gasteiger charge is -2.11. The van der Waals surface area contributed by atoms with E-state index >= 15 is 0 Å². The summed E-state index contributed by atoms with van der Waals surface area (Å²) in [6.45, 7) is 4.38. The van der Waals surface area contributed by atoms with Gasteiger partial charge in [0, 0.05) is 16.5 Å². The quantitative estimate of drug-likeness (QED) is 0.158. The first-order valence-corrected chi connectivity index (χ1v) is 14.9. The van der Waals surface area contributed by atoms with Crippen molar-refractivity contribution < 1.29 is 0 Å². The zero-order valence-electron chi connectivity index (χ0n) is 23.9. The van der Waals surface area contributed by atoms with Gasteiger partial charge in [0.25, 0.3) is 0 Å². The van der Waals surface area contributed by atoms with Crippen molar-refractivity contribution in [1.29, 1.82) is 0 Å². The first kappa shape index (κ1) is 26.1. The lowest BCUT2D eigenvalue weighted by atomic mass is 9.97. The SMILES string of the molecule is Cc1ccc(CCCCCCCc2cc(C)cc(-c3ccc(-n4c5ccccc5c5ccccc54)cc3)c2)cc1. The van der Waals surface area contributed by atoms with Crippen molar-refractivity contribution >= 4 is 21.8 Å². The van der Waals surface area contributed by atoms with Crippen LogP contribution in [0.3, 0.4) is 0 Å². The van der Waals surface area contributed by atoms with Crippen LogP contribution in [-0.2, 0) is 12.8 Å². The minimum absolute atomic E-state index is 1.16. The fraction of sp³-hybridized carbons (Fsp3) is 0.231. The molecule has 0 bridgehead atoms. The molecular formula is C39H39N. The summed E-state index contributed by atoms with van der Waals surface area (Å²) in [6.07, 6.45) is 8.89. The molecular weight excluding hydrogens is 482 g/mol. The summed E-state index contributed by atoms with van der Waals surface area (Å²) in [5, 5.41) is 2.61. The molecule has 0 N–H and O–H groups in total. The number of rotatable bonds is 10. The maximum atomic E-state index is 2.40. The van der Waals surface area contributed by atoms with Crippen molar-refractivity contribution in [2.24, 2.45) is 0 Å². The van der Waals surface area contributed by atoms with Gasteiger partial charge in [0.1, 0.15) is 0 Å². The van der Waals surface area contributed by atoms with Crippen molar-refractivity contribution in [2.75, 3.05) is 0 Å². The number of fused-ring (bicyclic) bond motifs is 3. The molecule has 0 aliphatic carbocycles. The molecule has 0 amide bonds. The van der Waals surface area contributed by atoms with Gasteiger partial charge in [-0.1, -0.05) is 121 Å². The van der Waals surface area contributed by atoms with Gasteiger partial charge in [0.05, 0.1) is 11.0 Å². The molecule has 200 valence electrons. The van der Waals surface area contributed by atoms with E-state index in [1.807, 2.05) is 0 Å². The molecule has 5 aromatic carbocycles. The average Bonchev–Trinajstić information content (AvgIpc) is 3.32. The Morgan fingerprint density at radius 3 is 1.68 bits per heavy atom. The van der Waals surface area contributed by atoms with Gasteiger partial charge in [-0.15, -0.1) is 0 Å². The Morgan fingerprint density at radius 2 is 1.02 bits per heavy atom. The van der Waals surface area contributed by atoms with Gasteiger partial charge >= 0.3 is 0 Å². The molecule has 0 saturated carbocycles. The lowest BCUT2D eigenvalue weighted by Crippen LogP contribution is -1.94. The number of benzene rings is 5. The molecule has 0 unspecified atom stereocenters. The van der Waals surface area contributed by atoms with Crippen LogP contribution in [0.2, 0.25) is 0 Å². The fourth-order valence-electron chi connectivity index (χ4n) is 6.12. The van der Waals surface area contributed by atoms with E-state index in [1.54, 1.807) is 0 Å². The van der Waals surface area contributed by atoms with Gasteiger partial charge in [-0.25, -0.2) is 0 Å². The van der Waals surface area contributed by atoms with E-state index < -0.39 is 0 Å². The second-order valence-electron chi connectivity index (χ2n) is 11.4. The van der Waals surface area contributed by atoms with Crippen LogP contribution < -0.4 is 0 Å². The highest BCUT2D eigenvalue weighted by molar-refractivity contribution is 6.09. The van der Waals surface area contributed by atoms with Gasteiger partial charge in [0.15, 0.2) is 0 Å². The minimum atomic E-state index is 1.16. The summed E-state index contributed by atoms with van der Waals surface area (Å²) in [4.78, 5) is 0. The largest absolute Gasteiger partial charge is 0.309 e. The Bertz CT molecular complexity index is 1660. The highest BCUT2D eigenvalue weighted by Crippen LogP contribution is 2.33. The molecule has 1 heteroatoms. The molecule has 0 fully saturated rings. The van der Waals surface area contributed by atoms with Crippen LogP contribution in [0.5, 0.6) is 0 Å². The third-order valence-electron chi connectivity index (χ3n) is 8.23. The van der Waals surface area contributed by atoms with E-state index in [4.69, 9.17) is 0 Å². The summed E-state index contributed by atoms with van der Waals surface area (Å²) in [5.41, 5.74) is 11.9. The van der Waals surface area contributed by atoms with E-state index in [0.29, 0.717) is 0 Å². The normalized spacial score (nSPS) is 11.4. The molecule has 0 aliphatic rings. The predicted octanol–water partition coefficient (Wildman–Crippen LogP) is 10.8. The first-order chi connectivity index (χ1) is 19.7. The topological polar surface area (TPSA) is 4.93 Å². The number of unbranched alkanes of at least 4 members (excludes halogenated alkanes) is 4. The molecule has 0 aliphatic heterocycles. The summed E-state index contributed by atoms with van der Waals surface area (Å²) in [7, 11) is 0. The first-order valence-electron chi connectivity index (χ1n) is 14.9. The zero-order chi connectivity index (χ0) is 27.3. The van der Waals surface area contributed by atoms with Crippen LogP contribution in [0, 0.1) is 13.8 Å². The van der Waals surface area contributed by atoms with E-state index in [-0.39, 0.29) is 0 Å². The Balaban J connectivity index is 1.10. The Hall–Kier alpha value is -4.10. The number of aromatic nitrogens is 1. The van der Waals surface area contributed by atoms with Crippen molar-refractivity contribution in [3.05, 3.63) is 138 Å². The fourth-order valence-corrected chi connectivity index (χ4v) is 6.12. The monoisotopic (exact) mass is 521 g/mol. The Morgan fingerprint density at radius 1 is 0.450 bits per heavy atom. The Labute approximate surface area is 239 Å². The molecule has 40 heavy (non-hydrogen) atoms. The molecule has 6 aromatic rings. The second kappa shape index (κ2) is 12.0. The van der Waals surface area contributed by atoms with Crippen molar-refractivity contribution in [2.45, 2.75) is 58.8 Å². The zero-order valence-corrected chi connectivity index (χ0v) is 23.9. The number of aryl methyl sites for hydroxylation is 4. The maximum absolute atomic E-state index is 2.40. The van der Waals surface area contributed by atoms with Gasteiger partial charge in [0.2, 0.25) is 0 Å². The number of hydrogen-bond donors (Lipinski definition) is 0. The summed E-state index contributed by atoms with van der Waals surface area (Å²) >= 11 is 0. The highest BCUT2D eigenvalue weighted by Gasteiger charge is 2.11. The summed E-state index contributed by atoms with van der Waals surface area (Å²) in [5.74, 6) is 0. The molecule has 1 nitrogen and oxygen atoms in total. The third-order valence-corrected chi connectivity index (χ3v) is 8.23. The van der Waals surface area contributed by atoms with E-state index in [1.165, 1.54) is 99.4 Å².